The molecule has 0 saturated heterocycles. The van der Waals surface area contributed by atoms with Gasteiger partial charge in [-0.2, -0.15) is 0 Å². The molecule has 0 aromatic heterocycles. The molecular formula is C11H16Si. The quantitative estimate of drug-likeness (QED) is 0.477. The van der Waals surface area contributed by atoms with Crippen LogP contribution in [0.15, 0.2) is 30.3 Å². The van der Waals surface area contributed by atoms with Crippen LogP contribution < -0.4 is 0 Å². The van der Waals surface area contributed by atoms with Crippen LogP contribution in [0.5, 0.6) is 0 Å². The normalized spacial score (nSPS) is 10.1. The molecule has 0 aliphatic carbocycles. The van der Waals surface area contributed by atoms with Crippen LogP contribution in [-0.2, 0) is 6.42 Å². The molecule has 1 aromatic carbocycles. The molecule has 64 valence electrons. The standard InChI is InChI=1S/C11H16Si/c1-2-12-10-6-9-11-7-4-3-5-8-11/h3-5,7-8H,2,6,9-10H2,1H3. The molecule has 0 unspecified atom stereocenters. The lowest BCUT2D eigenvalue weighted by atomic mass is 10.1. The SMILES string of the molecule is CC[Si]CCCc1ccccc1. The maximum Gasteiger partial charge on any atom is 0.0375 e. The van der Waals surface area contributed by atoms with Crippen LogP contribution in [-0.4, -0.2) is 9.52 Å². The highest BCUT2D eigenvalue weighted by molar-refractivity contribution is 6.35. The van der Waals surface area contributed by atoms with Gasteiger partial charge >= 0.3 is 0 Å². The van der Waals surface area contributed by atoms with Crippen molar-refractivity contribution in [2.45, 2.75) is 31.9 Å². The number of rotatable bonds is 5. The third-order valence-corrected chi connectivity index (χ3v) is 3.12. The molecule has 1 heteroatoms. The maximum atomic E-state index is 2.26. The first-order chi connectivity index (χ1) is 5.93. The monoisotopic (exact) mass is 176 g/mol. The van der Waals surface area contributed by atoms with E-state index in [-0.39, 0.29) is 0 Å². The number of aryl methyl sites for hydroxylation is 1. The summed E-state index contributed by atoms with van der Waals surface area (Å²) in [5.74, 6) is 0. The summed E-state index contributed by atoms with van der Waals surface area (Å²) in [5, 5.41) is 0. The molecule has 0 aliphatic heterocycles. The van der Waals surface area contributed by atoms with Crippen LogP contribution in [0.4, 0.5) is 0 Å². The van der Waals surface area contributed by atoms with Crippen molar-refractivity contribution in [3.05, 3.63) is 35.9 Å². The van der Waals surface area contributed by atoms with Crippen LogP contribution in [0.1, 0.15) is 18.9 Å². The molecule has 0 saturated carbocycles. The van der Waals surface area contributed by atoms with Crippen molar-refractivity contribution in [2.24, 2.45) is 0 Å². The van der Waals surface area contributed by atoms with Crippen molar-refractivity contribution in [3.63, 3.8) is 0 Å². The Balaban J connectivity index is 2.16. The minimum atomic E-state index is 1.17. The number of benzene rings is 1. The lowest BCUT2D eigenvalue weighted by Gasteiger charge is -1.98. The molecule has 1 rings (SSSR count). The lowest BCUT2D eigenvalue weighted by molar-refractivity contribution is 0.912. The summed E-state index contributed by atoms with van der Waals surface area (Å²) in [5.41, 5.74) is 1.48. The zero-order valence-corrected chi connectivity index (χ0v) is 8.72. The van der Waals surface area contributed by atoms with Crippen molar-refractivity contribution in [1.82, 2.24) is 0 Å². The second kappa shape index (κ2) is 6.01. The van der Waals surface area contributed by atoms with Crippen LogP contribution in [0, 0.1) is 0 Å². The molecule has 0 spiro atoms. The second-order valence-corrected chi connectivity index (χ2v) is 4.65. The van der Waals surface area contributed by atoms with E-state index in [4.69, 9.17) is 0 Å². The Labute approximate surface area is 77.8 Å². The summed E-state index contributed by atoms with van der Waals surface area (Å²) < 4.78 is 0. The summed E-state index contributed by atoms with van der Waals surface area (Å²) in [6.07, 6.45) is 2.62. The third-order valence-electron chi connectivity index (χ3n) is 1.91. The van der Waals surface area contributed by atoms with E-state index in [1.807, 2.05) is 0 Å². The van der Waals surface area contributed by atoms with Gasteiger partial charge in [0.15, 0.2) is 0 Å². The Hall–Kier alpha value is -0.563. The van der Waals surface area contributed by atoms with Gasteiger partial charge in [0.05, 0.1) is 0 Å². The molecular weight excluding hydrogens is 160 g/mol. The molecule has 2 radical (unpaired) electrons. The number of hydrogen-bond donors (Lipinski definition) is 0. The topological polar surface area (TPSA) is 0 Å². The Morgan fingerprint density at radius 3 is 2.58 bits per heavy atom. The van der Waals surface area contributed by atoms with Crippen molar-refractivity contribution < 1.29 is 0 Å². The number of hydrogen-bond acceptors (Lipinski definition) is 0. The van der Waals surface area contributed by atoms with E-state index in [1.165, 1.54) is 40.0 Å². The zero-order chi connectivity index (χ0) is 8.65. The van der Waals surface area contributed by atoms with Crippen molar-refractivity contribution in [1.29, 1.82) is 0 Å². The average molecular weight is 176 g/mol. The van der Waals surface area contributed by atoms with Gasteiger partial charge in [0.1, 0.15) is 0 Å². The lowest BCUT2D eigenvalue weighted by Crippen LogP contribution is -1.89. The molecule has 12 heavy (non-hydrogen) atoms. The summed E-state index contributed by atoms with van der Waals surface area (Å²) >= 11 is 0. The van der Waals surface area contributed by atoms with Gasteiger partial charge in [0, 0.05) is 9.52 Å². The fourth-order valence-corrected chi connectivity index (χ4v) is 2.02. The predicted molar refractivity (Wildman–Crippen MR) is 55.8 cm³/mol. The Morgan fingerprint density at radius 2 is 1.92 bits per heavy atom. The van der Waals surface area contributed by atoms with Gasteiger partial charge in [0.2, 0.25) is 0 Å². The first kappa shape index (κ1) is 9.52. The first-order valence-corrected chi connectivity index (χ1v) is 6.09. The van der Waals surface area contributed by atoms with E-state index in [0.717, 1.165) is 0 Å². The Kier molecular flexibility index (Phi) is 4.77. The highest BCUT2D eigenvalue weighted by Crippen LogP contribution is 2.04. The van der Waals surface area contributed by atoms with Gasteiger partial charge in [-0.25, -0.2) is 0 Å². The highest BCUT2D eigenvalue weighted by atomic mass is 28.2. The van der Waals surface area contributed by atoms with E-state index in [2.05, 4.69) is 37.3 Å². The van der Waals surface area contributed by atoms with Crippen LogP contribution in [0.25, 0.3) is 0 Å². The van der Waals surface area contributed by atoms with E-state index < -0.39 is 0 Å². The van der Waals surface area contributed by atoms with E-state index in [1.54, 1.807) is 0 Å². The smallest absolute Gasteiger partial charge is 0.0375 e. The van der Waals surface area contributed by atoms with Gasteiger partial charge in [-0.3, -0.25) is 0 Å². The molecule has 0 bridgehead atoms. The van der Waals surface area contributed by atoms with Gasteiger partial charge in [-0.05, 0) is 12.0 Å². The Bertz CT molecular complexity index is 193. The molecule has 0 amide bonds. The van der Waals surface area contributed by atoms with Gasteiger partial charge in [-0.1, -0.05) is 55.8 Å². The fraction of sp³-hybridized carbons (Fsp3) is 0.455. The predicted octanol–water partition coefficient (Wildman–Crippen LogP) is 3.18. The molecule has 0 N–H and O–H groups in total. The first-order valence-electron chi connectivity index (χ1n) is 4.68. The van der Waals surface area contributed by atoms with Crippen LogP contribution in [0.3, 0.4) is 0 Å². The molecule has 0 nitrogen and oxygen atoms in total. The second-order valence-electron chi connectivity index (χ2n) is 2.94. The molecule has 0 atom stereocenters. The summed E-state index contributed by atoms with van der Waals surface area (Å²) in [7, 11) is 1.17. The minimum Gasteiger partial charge on any atom is -0.0682 e. The van der Waals surface area contributed by atoms with E-state index >= 15 is 0 Å². The Morgan fingerprint density at radius 1 is 1.17 bits per heavy atom. The van der Waals surface area contributed by atoms with Crippen molar-refractivity contribution in [2.75, 3.05) is 0 Å². The van der Waals surface area contributed by atoms with Crippen LogP contribution >= 0.6 is 0 Å². The van der Waals surface area contributed by atoms with E-state index in [0.29, 0.717) is 0 Å². The summed E-state index contributed by atoms with van der Waals surface area (Å²) in [4.78, 5) is 0. The molecule has 0 aliphatic rings. The maximum absolute atomic E-state index is 2.26. The highest BCUT2D eigenvalue weighted by Gasteiger charge is 1.91. The third kappa shape index (κ3) is 3.72. The molecule has 0 fully saturated rings. The largest absolute Gasteiger partial charge is 0.0682 e. The van der Waals surface area contributed by atoms with E-state index in [9.17, 15) is 0 Å². The zero-order valence-electron chi connectivity index (χ0n) is 7.72. The summed E-state index contributed by atoms with van der Waals surface area (Å²) in [6.45, 7) is 2.26. The molecule has 1 aromatic rings. The summed E-state index contributed by atoms with van der Waals surface area (Å²) in [6, 6.07) is 13.5. The fourth-order valence-electron chi connectivity index (χ4n) is 1.24. The van der Waals surface area contributed by atoms with Crippen molar-refractivity contribution in [3.8, 4) is 0 Å². The van der Waals surface area contributed by atoms with Gasteiger partial charge in [-0.15, -0.1) is 0 Å². The van der Waals surface area contributed by atoms with Crippen molar-refractivity contribution >= 4 is 9.52 Å². The van der Waals surface area contributed by atoms with Gasteiger partial charge in [0.25, 0.3) is 0 Å². The van der Waals surface area contributed by atoms with Gasteiger partial charge < -0.3 is 0 Å². The average Bonchev–Trinajstić information content (AvgIpc) is 2.14. The molecule has 0 heterocycles. The minimum absolute atomic E-state index is 1.17. The van der Waals surface area contributed by atoms with Crippen LogP contribution in [0.2, 0.25) is 12.1 Å².